The molecule has 8 nitrogen and oxygen atoms in total. The number of thioether (sulfide) groups is 1. The van der Waals surface area contributed by atoms with Crippen LogP contribution in [0.3, 0.4) is 0 Å². The number of hydrogen-bond donors (Lipinski definition) is 2. The van der Waals surface area contributed by atoms with Gasteiger partial charge in [-0.25, -0.2) is 0 Å². The third kappa shape index (κ3) is 6.22. The van der Waals surface area contributed by atoms with Crippen LogP contribution in [-0.2, 0) is 18.4 Å². The fourth-order valence-corrected chi connectivity index (χ4v) is 3.69. The van der Waals surface area contributed by atoms with Gasteiger partial charge in [0.25, 0.3) is 5.91 Å². The Labute approximate surface area is 196 Å². The summed E-state index contributed by atoms with van der Waals surface area (Å²) in [6.45, 7) is 0.207. The lowest BCUT2D eigenvalue weighted by molar-refractivity contribution is -0.113. The molecule has 0 saturated heterocycles. The molecule has 11 heteroatoms. The van der Waals surface area contributed by atoms with Gasteiger partial charge in [0.05, 0.1) is 24.4 Å². The van der Waals surface area contributed by atoms with Crippen LogP contribution in [0.1, 0.15) is 16.2 Å². The van der Waals surface area contributed by atoms with Gasteiger partial charge in [-0.05, 0) is 58.4 Å². The molecule has 0 spiro atoms. The lowest BCUT2D eigenvalue weighted by Crippen LogP contribution is -2.24. The number of nitrogens with zero attached hydrogens (tertiary/aromatic N) is 3. The Kier molecular flexibility index (Phi) is 7.94. The molecule has 0 atom stereocenters. The van der Waals surface area contributed by atoms with Crippen LogP contribution < -0.4 is 15.4 Å². The molecule has 2 amide bonds. The second-order valence-electron chi connectivity index (χ2n) is 6.33. The predicted molar refractivity (Wildman–Crippen MR) is 124 cm³/mol. The first-order valence-electron chi connectivity index (χ1n) is 9.05. The minimum atomic E-state index is -0.229. The zero-order valence-corrected chi connectivity index (χ0v) is 19.8. The summed E-state index contributed by atoms with van der Waals surface area (Å²) >= 11 is 10.6. The highest BCUT2D eigenvalue weighted by Crippen LogP contribution is 2.25. The van der Waals surface area contributed by atoms with E-state index in [0.29, 0.717) is 33.0 Å². The van der Waals surface area contributed by atoms with Crippen molar-refractivity contribution in [1.29, 1.82) is 0 Å². The molecule has 0 aliphatic carbocycles. The third-order valence-corrected chi connectivity index (χ3v) is 6.47. The molecule has 3 rings (SSSR count). The Morgan fingerprint density at radius 3 is 2.61 bits per heavy atom. The number of methoxy groups -OCH3 is 1. The van der Waals surface area contributed by atoms with Crippen molar-refractivity contribution in [3.05, 3.63) is 63.3 Å². The SMILES string of the molecule is COc1ccc(C(=O)NCc2nnc(SCC(=O)Nc3ccc(Br)c(Cl)c3)n2C)cc1. The van der Waals surface area contributed by atoms with Crippen LogP contribution in [0.5, 0.6) is 5.75 Å². The van der Waals surface area contributed by atoms with E-state index in [1.807, 2.05) is 0 Å². The average molecular weight is 525 g/mol. The maximum absolute atomic E-state index is 12.3. The molecular formula is C20H19BrClN5O3S. The molecule has 0 bridgehead atoms. The summed E-state index contributed by atoms with van der Waals surface area (Å²) < 4.78 is 7.58. The van der Waals surface area contributed by atoms with Gasteiger partial charge in [-0.2, -0.15) is 0 Å². The summed E-state index contributed by atoms with van der Waals surface area (Å²) in [6, 6.07) is 12.0. The standard InChI is InChI=1S/C20H19BrClN5O3S/c1-27-17(10-23-19(29)12-3-6-14(30-2)7-4-12)25-26-20(27)31-11-18(28)24-13-5-8-15(21)16(22)9-13/h3-9H,10-11H2,1-2H3,(H,23,29)(H,24,28). The van der Waals surface area contributed by atoms with E-state index in [1.54, 1.807) is 61.2 Å². The van der Waals surface area contributed by atoms with Crippen LogP contribution in [0, 0.1) is 0 Å². The number of rotatable bonds is 8. The van der Waals surface area contributed by atoms with Crippen molar-refractivity contribution < 1.29 is 14.3 Å². The Morgan fingerprint density at radius 2 is 1.94 bits per heavy atom. The fourth-order valence-electron chi connectivity index (χ4n) is 2.53. The summed E-state index contributed by atoms with van der Waals surface area (Å²) in [4.78, 5) is 24.5. The maximum atomic E-state index is 12.3. The van der Waals surface area contributed by atoms with Gasteiger partial charge in [-0.3, -0.25) is 9.59 Å². The normalized spacial score (nSPS) is 10.6. The van der Waals surface area contributed by atoms with Crippen LogP contribution in [0.4, 0.5) is 5.69 Å². The molecule has 0 radical (unpaired) electrons. The Hall–Kier alpha value is -2.56. The van der Waals surface area contributed by atoms with Gasteiger partial charge in [-0.15, -0.1) is 10.2 Å². The molecule has 31 heavy (non-hydrogen) atoms. The van der Waals surface area contributed by atoms with Crippen LogP contribution >= 0.6 is 39.3 Å². The zero-order valence-electron chi connectivity index (χ0n) is 16.7. The van der Waals surface area contributed by atoms with E-state index in [9.17, 15) is 9.59 Å². The van der Waals surface area contributed by atoms with Crippen LogP contribution in [0.15, 0.2) is 52.1 Å². The van der Waals surface area contributed by atoms with Crippen molar-refractivity contribution in [3.8, 4) is 5.75 Å². The topological polar surface area (TPSA) is 98.1 Å². The van der Waals surface area contributed by atoms with Gasteiger partial charge < -0.3 is 19.9 Å². The number of amides is 2. The highest BCUT2D eigenvalue weighted by atomic mass is 79.9. The summed E-state index contributed by atoms with van der Waals surface area (Å²) in [5.74, 6) is 0.981. The van der Waals surface area contributed by atoms with Crippen molar-refractivity contribution in [1.82, 2.24) is 20.1 Å². The van der Waals surface area contributed by atoms with Crippen LogP contribution in [-0.4, -0.2) is 39.4 Å². The minimum Gasteiger partial charge on any atom is -0.497 e. The lowest BCUT2D eigenvalue weighted by atomic mass is 10.2. The lowest BCUT2D eigenvalue weighted by Gasteiger charge is -2.07. The number of nitrogens with one attached hydrogen (secondary N) is 2. The first-order valence-corrected chi connectivity index (χ1v) is 11.2. The number of carbonyl (C=O) groups is 2. The van der Waals surface area contributed by atoms with Gasteiger partial charge in [0.1, 0.15) is 5.75 Å². The first kappa shape index (κ1) is 23.1. The van der Waals surface area contributed by atoms with E-state index in [1.165, 1.54) is 11.8 Å². The number of halogens is 2. The van der Waals surface area contributed by atoms with E-state index < -0.39 is 0 Å². The highest BCUT2D eigenvalue weighted by Gasteiger charge is 2.13. The summed E-state index contributed by atoms with van der Waals surface area (Å²) in [6.07, 6.45) is 0. The number of hydrogen-bond acceptors (Lipinski definition) is 6. The van der Waals surface area contributed by atoms with Crippen molar-refractivity contribution in [3.63, 3.8) is 0 Å². The van der Waals surface area contributed by atoms with Crippen molar-refractivity contribution in [2.45, 2.75) is 11.7 Å². The number of ether oxygens (including phenoxy) is 1. The molecule has 1 aromatic heterocycles. The van der Waals surface area contributed by atoms with Gasteiger partial charge in [0, 0.05) is 22.8 Å². The second kappa shape index (κ2) is 10.7. The second-order valence-corrected chi connectivity index (χ2v) is 8.54. The molecule has 3 aromatic rings. The molecule has 0 fully saturated rings. The van der Waals surface area contributed by atoms with Gasteiger partial charge in [0.15, 0.2) is 11.0 Å². The Morgan fingerprint density at radius 1 is 1.19 bits per heavy atom. The minimum absolute atomic E-state index is 0.151. The van der Waals surface area contributed by atoms with Crippen LogP contribution in [0.25, 0.3) is 0 Å². The Balaban J connectivity index is 1.51. The average Bonchev–Trinajstić information content (AvgIpc) is 3.12. The van der Waals surface area contributed by atoms with Gasteiger partial charge >= 0.3 is 0 Å². The quantitative estimate of drug-likeness (QED) is 0.434. The smallest absolute Gasteiger partial charge is 0.251 e. The number of aromatic nitrogens is 3. The summed E-state index contributed by atoms with van der Waals surface area (Å²) in [7, 11) is 3.35. The van der Waals surface area contributed by atoms with Crippen molar-refractivity contribution >= 4 is 56.8 Å². The molecular weight excluding hydrogens is 506 g/mol. The molecule has 0 aliphatic heterocycles. The number of anilines is 1. The van der Waals surface area contributed by atoms with Crippen molar-refractivity contribution in [2.24, 2.45) is 7.05 Å². The first-order chi connectivity index (χ1) is 14.9. The molecule has 2 aromatic carbocycles. The highest BCUT2D eigenvalue weighted by molar-refractivity contribution is 9.10. The Bertz CT molecular complexity index is 1090. The molecule has 162 valence electrons. The van der Waals surface area contributed by atoms with Crippen molar-refractivity contribution in [2.75, 3.05) is 18.2 Å². The molecule has 0 unspecified atom stereocenters. The van der Waals surface area contributed by atoms with Gasteiger partial charge in [-0.1, -0.05) is 23.4 Å². The van der Waals surface area contributed by atoms with Crippen LogP contribution in [0.2, 0.25) is 5.02 Å². The molecule has 0 saturated carbocycles. The molecule has 2 N–H and O–H groups in total. The number of benzene rings is 2. The fraction of sp³-hybridized carbons (Fsp3) is 0.200. The van der Waals surface area contributed by atoms with E-state index >= 15 is 0 Å². The third-order valence-electron chi connectivity index (χ3n) is 4.22. The van der Waals surface area contributed by atoms with E-state index in [0.717, 1.165) is 4.47 Å². The molecule has 0 aliphatic rings. The largest absolute Gasteiger partial charge is 0.497 e. The monoisotopic (exact) mass is 523 g/mol. The zero-order chi connectivity index (χ0) is 22.4. The number of carbonyl (C=O) groups excluding carboxylic acids is 2. The maximum Gasteiger partial charge on any atom is 0.251 e. The van der Waals surface area contributed by atoms with E-state index in [4.69, 9.17) is 16.3 Å². The van der Waals surface area contributed by atoms with E-state index in [-0.39, 0.29) is 24.1 Å². The summed E-state index contributed by atoms with van der Waals surface area (Å²) in [5, 5.41) is 14.9. The van der Waals surface area contributed by atoms with E-state index in [2.05, 4.69) is 36.8 Å². The predicted octanol–water partition coefficient (Wildman–Crippen LogP) is 3.90. The molecule has 1 heterocycles. The summed E-state index contributed by atoms with van der Waals surface area (Å²) in [5.41, 5.74) is 1.13. The van der Waals surface area contributed by atoms with Gasteiger partial charge in [0.2, 0.25) is 5.91 Å².